The van der Waals surface area contributed by atoms with Gasteiger partial charge in [0.15, 0.2) is 5.82 Å². The summed E-state index contributed by atoms with van der Waals surface area (Å²) in [7, 11) is 1.97. The van der Waals surface area contributed by atoms with E-state index in [-0.39, 0.29) is 6.04 Å². The van der Waals surface area contributed by atoms with Crippen LogP contribution >= 0.6 is 11.6 Å². The molecular formula is C16H17ClN4. The number of anilines is 1. The molecule has 0 aliphatic rings. The standard InChI is InChI=1S/C16H17ClN4/c1-21-11-19-15-14(21)7-8-18-16(15)20-13(10-17)9-12-5-3-2-4-6-12/h2-8,11,13H,9-10H2,1H3,(H,18,20). The fraction of sp³-hybridized carbons (Fsp3) is 0.250. The number of aromatic nitrogens is 3. The molecule has 0 aliphatic carbocycles. The predicted molar refractivity (Wildman–Crippen MR) is 86.8 cm³/mol. The van der Waals surface area contributed by atoms with Gasteiger partial charge in [-0.15, -0.1) is 11.6 Å². The minimum Gasteiger partial charge on any atom is -0.364 e. The molecule has 2 aromatic heterocycles. The lowest BCUT2D eigenvalue weighted by atomic mass is 10.1. The van der Waals surface area contributed by atoms with Crippen LogP contribution in [0, 0.1) is 0 Å². The fourth-order valence-corrected chi connectivity index (χ4v) is 2.59. The topological polar surface area (TPSA) is 42.7 Å². The number of nitrogens with zero attached hydrogens (tertiary/aromatic N) is 3. The van der Waals surface area contributed by atoms with Crippen LogP contribution in [0.3, 0.4) is 0 Å². The Bertz CT molecular complexity index is 723. The minimum atomic E-state index is 0.120. The molecule has 3 aromatic rings. The molecule has 0 spiro atoms. The third kappa shape index (κ3) is 3.00. The van der Waals surface area contributed by atoms with E-state index in [1.807, 2.05) is 35.9 Å². The second-order valence-corrected chi connectivity index (χ2v) is 5.38. The van der Waals surface area contributed by atoms with Gasteiger partial charge in [-0.2, -0.15) is 0 Å². The van der Waals surface area contributed by atoms with Gasteiger partial charge in [-0.05, 0) is 18.1 Å². The largest absolute Gasteiger partial charge is 0.364 e. The van der Waals surface area contributed by atoms with Gasteiger partial charge in [0.25, 0.3) is 0 Å². The van der Waals surface area contributed by atoms with E-state index in [2.05, 4.69) is 27.4 Å². The van der Waals surface area contributed by atoms with Crippen molar-refractivity contribution in [3.05, 3.63) is 54.5 Å². The highest BCUT2D eigenvalue weighted by Crippen LogP contribution is 2.20. The molecule has 1 atom stereocenters. The summed E-state index contributed by atoms with van der Waals surface area (Å²) in [5.41, 5.74) is 3.19. The second kappa shape index (κ2) is 6.14. The molecule has 0 bridgehead atoms. The summed E-state index contributed by atoms with van der Waals surface area (Å²) in [6.07, 6.45) is 4.44. The Morgan fingerprint density at radius 1 is 1.19 bits per heavy atom. The van der Waals surface area contributed by atoms with Crippen LogP contribution in [0.5, 0.6) is 0 Å². The van der Waals surface area contributed by atoms with Gasteiger partial charge in [0, 0.05) is 25.2 Å². The van der Waals surface area contributed by atoms with Crippen LogP contribution in [0.15, 0.2) is 48.9 Å². The Kier molecular flexibility index (Phi) is 4.06. The maximum Gasteiger partial charge on any atom is 0.154 e. The lowest BCUT2D eigenvalue weighted by Crippen LogP contribution is -2.24. The van der Waals surface area contributed by atoms with Crippen molar-refractivity contribution in [1.29, 1.82) is 0 Å². The molecule has 3 rings (SSSR count). The first-order valence-electron chi connectivity index (χ1n) is 6.90. The number of pyridine rings is 1. The molecule has 0 saturated carbocycles. The molecule has 1 aromatic carbocycles. The van der Waals surface area contributed by atoms with Crippen LogP contribution in [-0.4, -0.2) is 26.5 Å². The number of alkyl halides is 1. The summed E-state index contributed by atoms with van der Waals surface area (Å²) in [4.78, 5) is 8.81. The van der Waals surface area contributed by atoms with E-state index in [1.54, 1.807) is 12.5 Å². The van der Waals surface area contributed by atoms with Gasteiger partial charge in [-0.3, -0.25) is 0 Å². The van der Waals surface area contributed by atoms with Crippen molar-refractivity contribution in [2.24, 2.45) is 7.05 Å². The smallest absolute Gasteiger partial charge is 0.154 e. The molecular weight excluding hydrogens is 284 g/mol. The van der Waals surface area contributed by atoms with E-state index in [4.69, 9.17) is 11.6 Å². The molecule has 0 saturated heterocycles. The molecule has 1 unspecified atom stereocenters. The molecule has 0 amide bonds. The van der Waals surface area contributed by atoms with Gasteiger partial charge in [-0.25, -0.2) is 9.97 Å². The summed E-state index contributed by atoms with van der Waals surface area (Å²) < 4.78 is 1.98. The van der Waals surface area contributed by atoms with E-state index in [9.17, 15) is 0 Å². The number of hydrogen-bond donors (Lipinski definition) is 1. The Morgan fingerprint density at radius 2 is 2.00 bits per heavy atom. The first-order valence-corrected chi connectivity index (χ1v) is 7.44. The van der Waals surface area contributed by atoms with Crippen molar-refractivity contribution in [3.63, 3.8) is 0 Å². The maximum absolute atomic E-state index is 6.11. The van der Waals surface area contributed by atoms with Gasteiger partial charge >= 0.3 is 0 Å². The van der Waals surface area contributed by atoms with E-state index in [0.29, 0.717) is 5.88 Å². The number of hydrogen-bond acceptors (Lipinski definition) is 3. The Hall–Kier alpha value is -2.07. The summed E-state index contributed by atoms with van der Waals surface area (Å²) >= 11 is 6.11. The van der Waals surface area contributed by atoms with Crippen LogP contribution in [0.1, 0.15) is 5.56 Å². The highest BCUT2D eigenvalue weighted by atomic mass is 35.5. The summed E-state index contributed by atoms with van der Waals surface area (Å²) in [5.74, 6) is 1.30. The number of nitrogens with one attached hydrogen (secondary N) is 1. The van der Waals surface area contributed by atoms with E-state index < -0.39 is 0 Å². The average molecular weight is 301 g/mol. The van der Waals surface area contributed by atoms with Crippen molar-refractivity contribution in [3.8, 4) is 0 Å². The number of rotatable bonds is 5. The van der Waals surface area contributed by atoms with Crippen LogP contribution in [0.25, 0.3) is 11.0 Å². The van der Waals surface area contributed by atoms with Gasteiger partial charge in [0.1, 0.15) is 5.52 Å². The third-order valence-electron chi connectivity index (χ3n) is 3.50. The number of halogens is 1. The maximum atomic E-state index is 6.11. The monoisotopic (exact) mass is 300 g/mol. The lowest BCUT2D eigenvalue weighted by molar-refractivity contribution is 0.792. The molecule has 5 heteroatoms. The van der Waals surface area contributed by atoms with Crippen LogP contribution in [-0.2, 0) is 13.5 Å². The first-order chi connectivity index (χ1) is 10.3. The van der Waals surface area contributed by atoms with E-state index >= 15 is 0 Å². The molecule has 0 fully saturated rings. The van der Waals surface area contributed by atoms with Gasteiger partial charge in [0.2, 0.25) is 0 Å². The molecule has 108 valence electrons. The molecule has 4 nitrogen and oxygen atoms in total. The highest BCUT2D eigenvalue weighted by molar-refractivity contribution is 6.18. The molecule has 0 radical (unpaired) electrons. The van der Waals surface area contributed by atoms with Gasteiger partial charge in [-0.1, -0.05) is 30.3 Å². The Morgan fingerprint density at radius 3 is 2.76 bits per heavy atom. The molecule has 21 heavy (non-hydrogen) atoms. The zero-order valence-electron chi connectivity index (χ0n) is 11.8. The zero-order valence-corrected chi connectivity index (χ0v) is 12.6. The summed E-state index contributed by atoms with van der Waals surface area (Å²) in [6, 6.07) is 12.4. The lowest BCUT2D eigenvalue weighted by Gasteiger charge is -2.17. The molecule has 2 heterocycles. The predicted octanol–water partition coefficient (Wildman–Crippen LogP) is 3.23. The molecule has 0 aliphatic heterocycles. The molecule has 1 N–H and O–H groups in total. The first kappa shape index (κ1) is 13.9. The third-order valence-corrected chi connectivity index (χ3v) is 3.87. The fourth-order valence-electron chi connectivity index (χ4n) is 2.40. The van der Waals surface area contributed by atoms with Gasteiger partial charge in [0.05, 0.1) is 11.8 Å². The van der Waals surface area contributed by atoms with Crippen molar-refractivity contribution in [2.75, 3.05) is 11.2 Å². The van der Waals surface area contributed by atoms with Crippen molar-refractivity contribution < 1.29 is 0 Å². The SMILES string of the molecule is Cn1cnc2c(NC(CCl)Cc3ccccc3)nccc21. The van der Waals surface area contributed by atoms with E-state index in [1.165, 1.54) is 5.56 Å². The Labute approximate surface area is 128 Å². The number of imidazole rings is 1. The van der Waals surface area contributed by atoms with Crippen LogP contribution in [0.4, 0.5) is 5.82 Å². The zero-order chi connectivity index (χ0) is 14.7. The highest BCUT2D eigenvalue weighted by Gasteiger charge is 2.13. The van der Waals surface area contributed by atoms with Crippen molar-refractivity contribution in [1.82, 2.24) is 14.5 Å². The van der Waals surface area contributed by atoms with E-state index in [0.717, 1.165) is 23.3 Å². The summed E-state index contributed by atoms with van der Waals surface area (Å²) in [5, 5.41) is 3.41. The van der Waals surface area contributed by atoms with Crippen LogP contribution in [0.2, 0.25) is 0 Å². The quantitative estimate of drug-likeness (QED) is 0.736. The number of fused-ring (bicyclic) bond motifs is 1. The van der Waals surface area contributed by atoms with Gasteiger partial charge < -0.3 is 9.88 Å². The average Bonchev–Trinajstić information content (AvgIpc) is 2.90. The Balaban J connectivity index is 1.82. The number of aryl methyl sites for hydroxylation is 1. The van der Waals surface area contributed by atoms with Crippen LogP contribution < -0.4 is 5.32 Å². The normalized spacial score (nSPS) is 12.5. The second-order valence-electron chi connectivity index (χ2n) is 5.07. The minimum absolute atomic E-state index is 0.120. The summed E-state index contributed by atoms with van der Waals surface area (Å²) in [6.45, 7) is 0. The number of benzene rings is 1. The van der Waals surface area contributed by atoms with Crippen molar-refractivity contribution >= 4 is 28.5 Å². The van der Waals surface area contributed by atoms with Crippen molar-refractivity contribution in [2.45, 2.75) is 12.5 Å².